The lowest BCUT2D eigenvalue weighted by atomic mass is 10.0. The zero-order chi connectivity index (χ0) is 19.9. The van der Waals surface area contributed by atoms with Gasteiger partial charge in [-0.2, -0.15) is 10.2 Å². The van der Waals surface area contributed by atoms with Crippen molar-refractivity contribution in [2.75, 3.05) is 7.11 Å². The molecule has 3 rings (SSSR count). The van der Waals surface area contributed by atoms with Gasteiger partial charge < -0.3 is 4.74 Å². The number of hydrogen-bond donors (Lipinski definition) is 2. The zero-order valence-electron chi connectivity index (χ0n) is 16.3. The van der Waals surface area contributed by atoms with Crippen molar-refractivity contribution in [3.8, 4) is 17.0 Å². The van der Waals surface area contributed by atoms with Crippen molar-refractivity contribution >= 4 is 12.1 Å². The molecule has 0 aliphatic carbocycles. The van der Waals surface area contributed by atoms with E-state index >= 15 is 0 Å². The van der Waals surface area contributed by atoms with Crippen molar-refractivity contribution in [3.63, 3.8) is 0 Å². The van der Waals surface area contributed by atoms with E-state index in [1.807, 2.05) is 36.4 Å². The number of rotatable bonds is 7. The highest BCUT2D eigenvalue weighted by Gasteiger charge is 2.10. The van der Waals surface area contributed by atoms with Crippen LogP contribution in [-0.2, 0) is 6.42 Å². The summed E-state index contributed by atoms with van der Waals surface area (Å²) >= 11 is 0. The molecular formula is C22H24N4O2. The van der Waals surface area contributed by atoms with Gasteiger partial charge in [0.1, 0.15) is 11.4 Å². The first kappa shape index (κ1) is 19.4. The molecule has 6 nitrogen and oxygen atoms in total. The number of carbonyl (C=O) groups excluding carboxylic acids is 1. The Bertz CT molecular complexity index is 959. The van der Waals surface area contributed by atoms with Crippen LogP contribution in [0.2, 0.25) is 0 Å². The van der Waals surface area contributed by atoms with Crippen molar-refractivity contribution in [2.45, 2.75) is 20.3 Å². The molecule has 1 aromatic heterocycles. The number of H-pyrrole nitrogens is 1. The number of carbonyl (C=O) groups is 1. The number of hydrazone groups is 1. The van der Waals surface area contributed by atoms with Gasteiger partial charge in [0.25, 0.3) is 5.91 Å². The molecule has 0 aliphatic rings. The second-order valence-electron chi connectivity index (χ2n) is 6.90. The highest BCUT2D eigenvalue weighted by atomic mass is 16.5. The van der Waals surface area contributed by atoms with Gasteiger partial charge in [-0.1, -0.05) is 50.2 Å². The molecule has 0 spiro atoms. The third-order valence-electron chi connectivity index (χ3n) is 4.22. The van der Waals surface area contributed by atoms with E-state index in [2.05, 4.69) is 46.7 Å². The fourth-order valence-corrected chi connectivity index (χ4v) is 2.86. The molecule has 0 radical (unpaired) electrons. The summed E-state index contributed by atoms with van der Waals surface area (Å²) in [6, 6.07) is 17.4. The van der Waals surface area contributed by atoms with Gasteiger partial charge in [0.05, 0.1) is 19.0 Å². The van der Waals surface area contributed by atoms with Crippen molar-refractivity contribution in [1.82, 2.24) is 15.6 Å². The highest BCUT2D eigenvalue weighted by Crippen LogP contribution is 2.20. The predicted octanol–water partition coefficient (Wildman–Crippen LogP) is 4.05. The fraction of sp³-hybridized carbons (Fsp3) is 0.227. The first-order chi connectivity index (χ1) is 13.6. The van der Waals surface area contributed by atoms with Gasteiger partial charge in [-0.3, -0.25) is 9.89 Å². The highest BCUT2D eigenvalue weighted by molar-refractivity contribution is 5.94. The largest absolute Gasteiger partial charge is 0.496 e. The predicted molar refractivity (Wildman–Crippen MR) is 111 cm³/mol. The summed E-state index contributed by atoms with van der Waals surface area (Å²) in [6.45, 7) is 4.39. The van der Waals surface area contributed by atoms with Crippen LogP contribution in [0.4, 0.5) is 0 Å². The second kappa shape index (κ2) is 8.99. The van der Waals surface area contributed by atoms with Crippen molar-refractivity contribution in [2.24, 2.45) is 11.0 Å². The molecule has 0 unspecified atom stereocenters. The smallest absolute Gasteiger partial charge is 0.289 e. The molecule has 0 saturated heterocycles. The molecule has 0 atom stereocenters. The number of ether oxygens (including phenoxy) is 1. The van der Waals surface area contributed by atoms with Gasteiger partial charge in [0.15, 0.2) is 0 Å². The van der Waals surface area contributed by atoms with Gasteiger partial charge in [0, 0.05) is 11.1 Å². The first-order valence-corrected chi connectivity index (χ1v) is 9.18. The number of nitrogens with one attached hydrogen (secondary N) is 2. The van der Waals surface area contributed by atoms with E-state index in [9.17, 15) is 4.79 Å². The first-order valence-electron chi connectivity index (χ1n) is 9.18. The SMILES string of the molecule is COc1ccccc1C=NNC(=O)c1cc(-c2ccc(CC(C)C)cc2)n[nH]1. The molecule has 6 heteroatoms. The number of aromatic amines is 1. The summed E-state index contributed by atoms with van der Waals surface area (Å²) in [5.41, 5.74) is 6.58. The van der Waals surface area contributed by atoms with Gasteiger partial charge in [-0.05, 0) is 36.1 Å². The Balaban J connectivity index is 1.64. The maximum absolute atomic E-state index is 12.3. The Morgan fingerprint density at radius 3 is 2.68 bits per heavy atom. The fourth-order valence-electron chi connectivity index (χ4n) is 2.86. The van der Waals surface area contributed by atoms with Crippen LogP contribution in [0.3, 0.4) is 0 Å². The Kier molecular flexibility index (Phi) is 6.22. The van der Waals surface area contributed by atoms with Crippen LogP contribution in [0.15, 0.2) is 59.7 Å². The monoisotopic (exact) mass is 376 g/mol. The lowest BCUT2D eigenvalue weighted by molar-refractivity contribution is 0.0950. The third-order valence-corrected chi connectivity index (χ3v) is 4.22. The van der Waals surface area contributed by atoms with Gasteiger partial charge in [-0.15, -0.1) is 0 Å². The molecule has 1 heterocycles. The van der Waals surface area contributed by atoms with E-state index in [0.717, 1.165) is 23.2 Å². The van der Waals surface area contributed by atoms with Crippen LogP contribution in [-0.4, -0.2) is 29.4 Å². The topological polar surface area (TPSA) is 79.4 Å². The minimum Gasteiger partial charge on any atom is -0.496 e. The lowest BCUT2D eigenvalue weighted by Crippen LogP contribution is -2.18. The molecular weight excluding hydrogens is 352 g/mol. The van der Waals surface area contributed by atoms with Gasteiger partial charge in [0.2, 0.25) is 0 Å². The molecule has 2 N–H and O–H groups in total. The molecule has 144 valence electrons. The number of amides is 1. The van der Waals surface area contributed by atoms with Crippen LogP contribution >= 0.6 is 0 Å². The molecule has 0 saturated carbocycles. The molecule has 28 heavy (non-hydrogen) atoms. The maximum Gasteiger partial charge on any atom is 0.289 e. The molecule has 2 aromatic carbocycles. The number of nitrogens with zero attached hydrogens (tertiary/aromatic N) is 2. The quantitative estimate of drug-likeness (QED) is 0.482. The third kappa shape index (κ3) is 4.85. The molecule has 0 bridgehead atoms. The van der Waals surface area contributed by atoms with Gasteiger partial charge in [-0.25, -0.2) is 5.43 Å². The van der Waals surface area contributed by atoms with Crippen molar-refractivity contribution in [3.05, 3.63) is 71.4 Å². The number of para-hydroxylation sites is 1. The van der Waals surface area contributed by atoms with Crippen LogP contribution in [0.5, 0.6) is 5.75 Å². The standard InChI is InChI=1S/C22H24N4O2/c1-15(2)12-16-8-10-17(11-9-16)19-13-20(25-24-19)22(27)26-23-14-18-6-4-5-7-21(18)28-3/h4-11,13-15H,12H2,1-3H3,(H,24,25)(H,26,27). The van der Waals surface area contributed by atoms with Crippen LogP contribution in [0.25, 0.3) is 11.3 Å². The summed E-state index contributed by atoms with van der Waals surface area (Å²) in [5.74, 6) is 0.939. The lowest BCUT2D eigenvalue weighted by Gasteiger charge is -2.05. The normalized spacial score (nSPS) is 11.1. The van der Waals surface area contributed by atoms with Gasteiger partial charge >= 0.3 is 0 Å². The second-order valence-corrected chi connectivity index (χ2v) is 6.90. The molecule has 0 fully saturated rings. The van der Waals surface area contributed by atoms with E-state index < -0.39 is 0 Å². The Hall–Kier alpha value is -3.41. The number of hydrogen-bond acceptors (Lipinski definition) is 4. The maximum atomic E-state index is 12.3. The van der Waals surface area contributed by atoms with Crippen molar-refractivity contribution in [1.29, 1.82) is 0 Å². The minimum absolute atomic E-state index is 0.346. The summed E-state index contributed by atoms with van der Waals surface area (Å²) in [4.78, 5) is 12.3. The molecule has 0 aliphatic heterocycles. The van der Waals surface area contributed by atoms with E-state index in [1.165, 1.54) is 5.56 Å². The van der Waals surface area contributed by atoms with Crippen LogP contribution < -0.4 is 10.2 Å². The van der Waals surface area contributed by atoms with Crippen LogP contribution in [0, 0.1) is 5.92 Å². The average molecular weight is 376 g/mol. The summed E-state index contributed by atoms with van der Waals surface area (Å²) in [5, 5.41) is 11.0. The summed E-state index contributed by atoms with van der Waals surface area (Å²) < 4.78 is 5.25. The Morgan fingerprint density at radius 2 is 1.96 bits per heavy atom. The zero-order valence-corrected chi connectivity index (χ0v) is 16.3. The number of benzene rings is 2. The van der Waals surface area contributed by atoms with Crippen molar-refractivity contribution < 1.29 is 9.53 Å². The van der Waals surface area contributed by atoms with E-state index in [4.69, 9.17) is 4.74 Å². The number of aromatic nitrogens is 2. The van der Waals surface area contributed by atoms with E-state index in [1.54, 1.807) is 19.4 Å². The van der Waals surface area contributed by atoms with E-state index in [0.29, 0.717) is 17.4 Å². The molecule has 1 amide bonds. The van der Waals surface area contributed by atoms with E-state index in [-0.39, 0.29) is 5.91 Å². The molecule has 3 aromatic rings. The minimum atomic E-state index is -0.360. The summed E-state index contributed by atoms with van der Waals surface area (Å²) in [6.07, 6.45) is 2.58. The average Bonchev–Trinajstić information content (AvgIpc) is 3.19. The summed E-state index contributed by atoms with van der Waals surface area (Å²) in [7, 11) is 1.59. The Morgan fingerprint density at radius 1 is 1.21 bits per heavy atom. The Labute approximate surface area is 164 Å². The van der Waals surface area contributed by atoms with Crippen LogP contribution in [0.1, 0.15) is 35.5 Å². The number of methoxy groups -OCH3 is 1.